The summed E-state index contributed by atoms with van der Waals surface area (Å²) in [4.78, 5) is 23.7. The molecule has 2 saturated carbocycles. The van der Waals surface area contributed by atoms with Crippen LogP contribution in [0.15, 0.2) is 53.6 Å². The highest BCUT2D eigenvalue weighted by Gasteiger charge is 2.53. The van der Waals surface area contributed by atoms with Crippen molar-refractivity contribution in [1.29, 1.82) is 0 Å². The van der Waals surface area contributed by atoms with Gasteiger partial charge in [-0.2, -0.15) is 14.6 Å². The van der Waals surface area contributed by atoms with Crippen LogP contribution in [0.2, 0.25) is 0 Å². The molecule has 4 heterocycles. The van der Waals surface area contributed by atoms with Gasteiger partial charge in [-0.05, 0) is 81.2 Å². The Morgan fingerprint density at radius 3 is 2.66 bits per heavy atom. The maximum absolute atomic E-state index is 14.5. The second kappa shape index (κ2) is 9.53. The van der Waals surface area contributed by atoms with Crippen molar-refractivity contribution in [3.63, 3.8) is 0 Å². The van der Waals surface area contributed by atoms with E-state index in [9.17, 15) is 13.4 Å². The number of nitrogens with zero attached hydrogens (tertiary/aromatic N) is 7. The summed E-state index contributed by atoms with van der Waals surface area (Å²) in [6.07, 6.45) is 13.1. The second-order valence-electron chi connectivity index (χ2n) is 11.3. The van der Waals surface area contributed by atoms with Gasteiger partial charge in [-0.15, -0.1) is 11.3 Å². The molecule has 3 aliphatic rings. The van der Waals surface area contributed by atoms with E-state index in [0.717, 1.165) is 41.0 Å². The number of ketones is 1. The van der Waals surface area contributed by atoms with Gasteiger partial charge >= 0.3 is 0 Å². The minimum atomic E-state index is -2.86. The zero-order valence-electron chi connectivity index (χ0n) is 22.9. The minimum Gasteiger partial charge on any atom is -0.290 e. The monoisotopic (exact) mass is 591 g/mol. The van der Waals surface area contributed by atoms with E-state index >= 15 is 0 Å². The number of halogens is 1. The SMILES string of the molecule is C=S(=O)(c1ccn(C)n1)N(C1CC1)[C@H]1CCC2=Cc3c(cnn3-c3ccc(F)nc3)C[C@]2(C(=O)c2ncc(C)s2)C1. The van der Waals surface area contributed by atoms with Gasteiger partial charge in [0.15, 0.2) is 10.0 Å². The van der Waals surface area contributed by atoms with E-state index in [1.54, 1.807) is 40.1 Å². The smallest absolute Gasteiger partial charge is 0.212 e. The summed E-state index contributed by atoms with van der Waals surface area (Å²) in [7, 11) is -1.05. The Labute approximate surface area is 241 Å². The third kappa shape index (κ3) is 4.39. The fraction of sp³-hybridized carbons (Fsp3) is 0.379. The Kier molecular flexibility index (Phi) is 6.14. The number of hydrogen-bond donors (Lipinski definition) is 0. The average molecular weight is 592 g/mol. The first-order valence-corrected chi connectivity index (χ1v) is 16.2. The highest BCUT2D eigenvalue weighted by molar-refractivity contribution is 7.98. The lowest BCUT2D eigenvalue weighted by Crippen LogP contribution is -2.51. The zero-order chi connectivity index (χ0) is 28.5. The molecule has 0 amide bonds. The van der Waals surface area contributed by atoms with Crippen molar-refractivity contribution in [2.75, 3.05) is 0 Å². The van der Waals surface area contributed by atoms with Crippen LogP contribution in [-0.4, -0.2) is 61.8 Å². The molecule has 0 aliphatic heterocycles. The van der Waals surface area contributed by atoms with Gasteiger partial charge in [-0.3, -0.25) is 9.48 Å². The number of carbonyl (C=O) groups excluding carboxylic acids is 1. The standard InChI is InChI=1S/C29H30FN7O2S2/c1-18-15-32-28(40-18)27(38)29-13-19-16-33-36(23-8-9-25(30)31-17-23)24(19)12-20(29)4-5-22(14-29)37(21-6-7-21)41(3,39)26-10-11-35(2)34-26/h8-12,15-17,21-22H,3-7,13-14H2,1-2H3/t22-,29-,41?/m0/s1. The van der Waals surface area contributed by atoms with Crippen LogP contribution in [0, 0.1) is 18.3 Å². The number of pyridine rings is 1. The number of rotatable bonds is 7. The molecule has 41 heavy (non-hydrogen) atoms. The Bertz CT molecular complexity index is 1800. The van der Waals surface area contributed by atoms with Crippen molar-refractivity contribution in [2.24, 2.45) is 12.5 Å². The molecule has 212 valence electrons. The van der Waals surface area contributed by atoms with Gasteiger partial charge in [0.25, 0.3) is 0 Å². The molecule has 0 N–H and O–H groups in total. The summed E-state index contributed by atoms with van der Waals surface area (Å²) in [5, 5.41) is 10.0. The van der Waals surface area contributed by atoms with E-state index < -0.39 is 21.1 Å². The minimum absolute atomic E-state index is 0.00227. The van der Waals surface area contributed by atoms with Crippen LogP contribution in [0.4, 0.5) is 4.39 Å². The first-order chi connectivity index (χ1) is 19.7. The maximum Gasteiger partial charge on any atom is 0.212 e. The zero-order valence-corrected chi connectivity index (χ0v) is 24.5. The number of aromatic nitrogens is 6. The van der Waals surface area contributed by atoms with Gasteiger partial charge in [-0.25, -0.2) is 23.2 Å². The number of hydrogen-bond acceptors (Lipinski definition) is 7. The summed E-state index contributed by atoms with van der Waals surface area (Å²) in [6, 6.07) is 4.78. The van der Waals surface area contributed by atoms with E-state index in [4.69, 9.17) is 0 Å². The molecule has 9 nitrogen and oxygen atoms in total. The molecule has 4 aromatic rings. The van der Waals surface area contributed by atoms with E-state index in [-0.39, 0.29) is 17.9 Å². The van der Waals surface area contributed by atoms with E-state index in [1.165, 1.54) is 23.6 Å². The Morgan fingerprint density at radius 2 is 2.00 bits per heavy atom. The van der Waals surface area contributed by atoms with E-state index in [2.05, 4.69) is 36.4 Å². The summed E-state index contributed by atoms with van der Waals surface area (Å²) in [6.45, 7) is 1.95. The van der Waals surface area contributed by atoms with Crippen LogP contribution in [0.25, 0.3) is 11.8 Å². The van der Waals surface area contributed by atoms with Gasteiger partial charge in [-0.1, -0.05) is 5.57 Å². The normalized spacial score (nSPS) is 23.5. The molecular formula is C29H30FN7O2S2. The van der Waals surface area contributed by atoms with Crippen molar-refractivity contribution in [3.8, 4) is 5.69 Å². The summed E-state index contributed by atoms with van der Waals surface area (Å²) < 4.78 is 33.4. The molecular weight excluding hydrogens is 561 g/mol. The lowest BCUT2D eigenvalue weighted by Gasteiger charge is -2.47. The molecule has 0 spiro atoms. The third-order valence-corrected chi connectivity index (χ3v) is 11.5. The lowest BCUT2D eigenvalue weighted by molar-refractivity contribution is 0.0741. The first-order valence-electron chi connectivity index (χ1n) is 13.7. The van der Waals surface area contributed by atoms with Gasteiger partial charge < -0.3 is 0 Å². The molecule has 7 rings (SSSR count). The topological polar surface area (TPSA) is 98.8 Å². The molecule has 3 atom stereocenters. The number of fused-ring (bicyclic) bond motifs is 2. The molecule has 0 aromatic carbocycles. The average Bonchev–Trinajstić information content (AvgIpc) is 3.29. The first kappa shape index (κ1) is 26.4. The second-order valence-corrected chi connectivity index (χ2v) is 14.7. The lowest BCUT2D eigenvalue weighted by atomic mass is 9.61. The largest absolute Gasteiger partial charge is 0.290 e. The van der Waals surface area contributed by atoms with Gasteiger partial charge in [0.05, 0.1) is 38.9 Å². The summed E-state index contributed by atoms with van der Waals surface area (Å²) in [5.41, 5.74) is 2.64. The number of allylic oxidation sites excluding steroid dienone is 1. The fourth-order valence-electron chi connectivity index (χ4n) is 6.44. The van der Waals surface area contributed by atoms with Crippen LogP contribution in [0.1, 0.15) is 58.0 Å². The Balaban J connectivity index is 1.31. The number of aryl methyl sites for hydroxylation is 2. The van der Waals surface area contributed by atoms with Crippen LogP contribution in [0.5, 0.6) is 0 Å². The van der Waals surface area contributed by atoms with Crippen molar-refractivity contribution in [2.45, 2.75) is 62.6 Å². The molecule has 3 aliphatic carbocycles. The highest BCUT2D eigenvalue weighted by Crippen LogP contribution is 2.53. The van der Waals surface area contributed by atoms with E-state index in [1.807, 2.05) is 14.0 Å². The van der Waals surface area contributed by atoms with Crippen LogP contribution in [0.3, 0.4) is 0 Å². The third-order valence-electron chi connectivity index (χ3n) is 8.46. The van der Waals surface area contributed by atoms with Crippen molar-refractivity contribution >= 4 is 38.8 Å². The van der Waals surface area contributed by atoms with E-state index in [0.29, 0.717) is 35.0 Å². The Hall–Kier alpha value is -3.48. The maximum atomic E-state index is 14.5. The van der Waals surface area contributed by atoms with Gasteiger partial charge in [0.1, 0.15) is 0 Å². The highest BCUT2D eigenvalue weighted by atomic mass is 32.2. The number of Topliss-reactive ketones (excluding diaryl/α,β-unsaturated/α-hetero) is 1. The van der Waals surface area contributed by atoms with Crippen molar-refractivity contribution in [1.82, 2.24) is 33.8 Å². The predicted molar refractivity (Wildman–Crippen MR) is 156 cm³/mol. The van der Waals surface area contributed by atoms with Gasteiger partial charge in [0, 0.05) is 36.4 Å². The number of thiazole rings is 1. The fourth-order valence-corrected chi connectivity index (χ4v) is 9.35. The summed E-state index contributed by atoms with van der Waals surface area (Å²) in [5.74, 6) is 3.67. The van der Waals surface area contributed by atoms with Crippen LogP contribution >= 0.6 is 11.3 Å². The summed E-state index contributed by atoms with van der Waals surface area (Å²) >= 11 is 1.41. The number of carbonyl (C=O) groups is 1. The molecule has 4 aromatic heterocycles. The molecule has 0 radical (unpaired) electrons. The molecule has 1 unspecified atom stereocenters. The molecule has 0 bridgehead atoms. The Morgan fingerprint density at radius 1 is 1.17 bits per heavy atom. The quantitative estimate of drug-likeness (QED) is 0.179. The van der Waals surface area contributed by atoms with Crippen molar-refractivity contribution < 1.29 is 13.4 Å². The molecule has 2 fully saturated rings. The van der Waals surface area contributed by atoms with Crippen LogP contribution in [-0.2, 0) is 23.2 Å². The van der Waals surface area contributed by atoms with Gasteiger partial charge in [0.2, 0.25) is 11.7 Å². The molecule has 12 heteroatoms. The predicted octanol–water partition coefficient (Wildman–Crippen LogP) is 4.42. The van der Waals surface area contributed by atoms with Crippen LogP contribution < -0.4 is 0 Å². The van der Waals surface area contributed by atoms with Crippen molar-refractivity contribution in [3.05, 3.63) is 75.6 Å². The molecule has 0 saturated heterocycles.